The highest BCUT2D eigenvalue weighted by Gasteiger charge is 2.10. The quantitative estimate of drug-likeness (QED) is 0.625. The molecule has 21 heavy (non-hydrogen) atoms. The first-order valence-corrected chi connectivity index (χ1v) is 7.58. The fourth-order valence-corrected chi connectivity index (χ4v) is 1.69. The molecule has 0 heterocycles. The van der Waals surface area contributed by atoms with Crippen molar-refractivity contribution >= 4 is 5.96 Å². The normalized spacial score (nSPS) is 14.0. The van der Waals surface area contributed by atoms with Gasteiger partial charge in [-0.15, -0.1) is 0 Å². The molecule has 0 spiro atoms. The van der Waals surface area contributed by atoms with E-state index in [-0.39, 0.29) is 5.60 Å². The maximum atomic E-state index is 5.87. The Morgan fingerprint density at radius 1 is 1.33 bits per heavy atom. The summed E-state index contributed by atoms with van der Waals surface area (Å²) in [6.07, 6.45) is 1.02. The Bertz CT molecular complexity index is 463. The molecule has 0 amide bonds. The number of ether oxygens (including phenoxy) is 1. The van der Waals surface area contributed by atoms with Crippen molar-refractivity contribution in [2.24, 2.45) is 10.7 Å². The largest absolute Gasteiger partial charge is 0.371 e. The van der Waals surface area contributed by atoms with Crippen molar-refractivity contribution in [3.63, 3.8) is 0 Å². The average Bonchev–Trinajstić information content (AvgIpc) is 2.42. The van der Waals surface area contributed by atoms with Gasteiger partial charge in [-0.2, -0.15) is 0 Å². The summed E-state index contributed by atoms with van der Waals surface area (Å²) in [5, 5.41) is 3.16. The Balaban J connectivity index is 2.58. The van der Waals surface area contributed by atoms with Crippen LogP contribution in [0.25, 0.3) is 0 Å². The van der Waals surface area contributed by atoms with Crippen LogP contribution in [0.1, 0.15) is 52.2 Å². The van der Waals surface area contributed by atoms with Crippen LogP contribution < -0.4 is 11.1 Å². The van der Waals surface area contributed by atoms with E-state index in [9.17, 15) is 0 Å². The Morgan fingerprint density at radius 2 is 2.00 bits per heavy atom. The molecular formula is C17H29N3O. The highest BCUT2D eigenvalue weighted by molar-refractivity contribution is 5.78. The standard InChI is InChI=1S/C17H29N3O/c1-6-13(2)20-16(18)19-11-14-8-7-9-15(10-14)12-21-17(3,4)5/h7-10,13H,6,11-12H2,1-5H3,(H3,18,19,20). The second-order valence-electron chi connectivity index (χ2n) is 6.38. The molecule has 1 atom stereocenters. The molecule has 0 aromatic heterocycles. The summed E-state index contributed by atoms with van der Waals surface area (Å²) >= 11 is 0. The van der Waals surface area contributed by atoms with Gasteiger partial charge in [-0.05, 0) is 45.2 Å². The van der Waals surface area contributed by atoms with E-state index in [0.29, 0.717) is 25.2 Å². The molecule has 1 aromatic carbocycles. The van der Waals surface area contributed by atoms with E-state index in [1.54, 1.807) is 0 Å². The van der Waals surface area contributed by atoms with E-state index >= 15 is 0 Å². The monoisotopic (exact) mass is 291 g/mol. The van der Waals surface area contributed by atoms with Crippen molar-refractivity contribution in [3.05, 3.63) is 35.4 Å². The Kier molecular flexibility index (Phi) is 6.69. The first kappa shape index (κ1) is 17.5. The third kappa shape index (κ3) is 7.71. The van der Waals surface area contributed by atoms with E-state index in [1.807, 2.05) is 6.07 Å². The molecule has 0 saturated heterocycles. The predicted molar refractivity (Wildman–Crippen MR) is 89.2 cm³/mol. The molecule has 0 aliphatic heterocycles. The molecule has 0 radical (unpaired) electrons. The van der Waals surface area contributed by atoms with Crippen LogP contribution in [0, 0.1) is 0 Å². The molecule has 0 bridgehead atoms. The number of nitrogens with zero attached hydrogens (tertiary/aromatic N) is 1. The summed E-state index contributed by atoms with van der Waals surface area (Å²) < 4.78 is 5.79. The first-order valence-electron chi connectivity index (χ1n) is 7.58. The minimum atomic E-state index is -0.126. The molecular weight excluding hydrogens is 262 g/mol. The van der Waals surface area contributed by atoms with Crippen LogP contribution >= 0.6 is 0 Å². The van der Waals surface area contributed by atoms with Gasteiger partial charge in [-0.3, -0.25) is 0 Å². The van der Waals surface area contributed by atoms with Crippen LogP contribution in [0.4, 0.5) is 0 Å². The minimum absolute atomic E-state index is 0.126. The third-order valence-electron chi connectivity index (χ3n) is 3.10. The smallest absolute Gasteiger partial charge is 0.189 e. The summed E-state index contributed by atoms with van der Waals surface area (Å²) in [5.74, 6) is 0.501. The van der Waals surface area contributed by atoms with Crippen LogP contribution in [-0.2, 0) is 17.9 Å². The number of nitrogens with one attached hydrogen (secondary N) is 1. The van der Waals surface area contributed by atoms with E-state index in [2.05, 4.69) is 63.1 Å². The molecule has 3 N–H and O–H groups in total. The van der Waals surface area contributed by atoms with Gasteiger partial charge in [-0.25, -0.2) is 4.99 Å². The number of hydrogen-bond donors (Lipinski definition) is 2. The predicted octanol–water partition coefficient (Wildman–Crippen LogP) is 3.20. The van der Waals surface area contributed by atoms with Crippen LogP contribution in [-0.4, -0.2) is 17.6 Å². The maximum Gasteiger partial charge on any atom is 0.189 e. The summed E-state index contributed by atoms with van der Waals surface area (Å²) in [6.45, 7) is 11.6. The van der Waals surface area contributed by atoms with Crippen molar-refractivity contribution in [2.45, 2.75) is 65.8 Å². The van der Waals surface area contributed by atoms with Crippen molar-refractivity contribution < 1.29 is 4.74 Å². The molecule has 0 aliphatic carbocycles. The number of nitrogens with two attached hydrogens (primary N) is 1. The van der Waals surface area contributed by atoms with Crippen molar-refractivity contribution in [1.29, 1.82) is 0 Å². The molecule has 1 aromatic rings. The topological polar surface area (TPSA) is 59.6 Å². The molecule has 118 valence electrons. The fraction of sp³-hybridized carbons (Fsp3) is 0.588. The number of aliphatic imine (C=N–C) groups is 1. The lowest BCUT2D eigenvalue weighted by molar-refractivity contribution is -0.0149. The lowest BCUT2D eigenvalue weighted by Gasteiger charge is -2.19. The zero-order chi connectivity index (χ0) is 15.9. The van der Waals surface area contributed by atoms with Gasteiger partial charge in [0.2, 0.25) is 0 Å². The maximum absolute atomic E-state index is 5.87. The second kappa shape index (κ2) is 8.03. The average molecular weight is 291 g/mol. The Hall–Kier alpha value is -1.55. The Morgan fingerprint density at radius 3 is 2.62 bits per heavy atom. The molecule has 1 unspecified atom stereocenters. The first-order chi connectivity index (χ1) is 9.80. The van der Waals surface area contributed by atoms with E-state index in [4.69, 9.17) is 10.5 Å². The number of hydrogen-bond acceptors (Lipinski definition) is 2. The molecule has 0 saturated carbocycles. The molecule has 4 heteroatoms. The second-order valence-corrected chi connectivity index (χ2v) is 6.38. The van der Waals surface area contributed by atoms with Gasteiger partial charge in [0.15, 0.2) is 5.96 Å². The minimum Gasteiger partial charge on any atom is -0.371 e. The zero-order valence-electron chi connectivity index (χ0n) is 13.9. The van der Waals surface area contributed by atoms with Gasteiger partial charge in [0.05, 0.1) is 18.8 Å². The molecule has 0 aliphatic rings. The highest BCUT2D eigenvalue weighted by Crippen LogP contribution is 2.13. The van der Waals surface area contributed by atoms with Crippen LogP contribution in [0.2, 0.25) is 0 Å². The van der Waals surface area contributed by atoms with Crippen LogP contribution in [0.5, 0.6) is 0 Å². The Labute approximate surface area is 128 Å². The van der Waals surface area contributed by atoms with Gasteiger partial charge < -0.3 is 15.8 Å². The third-order valence-corrected chi connectivity index (χ3v) is 3.10. The fourth-order valence-electron chi connectivity index (χ4n) is 1.69. The highest BCUT2D eigenvalue weighted by atomic mass is 16.5. The van der Waals surface area contributed by atoms with Gasteiger partial charge >= 0.3 is 0 Å². The van der Waals surface area contributed by atoms with Crippen molar-refractivity contribution in [3.8, 4) is 0 Å². The summed E-state index contributed by atoms with van der Waals surface area (Å²) in [4.78, 5) is 4.37. The SMILES string of the molecule is CCC(C)NC(N)=NCc1cccc(COC(C)(C)C)c1. The van der Waals surface area contributed by atoms with E-state index < -0.39 is 0 Å². The van der Waals surface area contributed by atoms with Gasteiger partial charge in [0.1, 0.15) is 0 Å². The van der Waals surface area contributed by atoms with Gasteiger partial charge in [0, 0.05) is 6.04 Å². The van der Waals surface area contributed by atoms with Gasteiger partial charge in [0.25, 0.3) is 0 Å². The molecule has 4 nitrogen and oxygen atoms in total. The van der Waals surface area contributed by atoms with Crippen LogP contribution in [0.15, 0.2) is 29.3 Å². The lowest BCUT2D eigenvalue weighted by atomic mass is 10.1. The molecule has 1 rings (SSSR count). The van der Waals surface area contributed by atoms with Crippen molar-refractivity contribution in [2.75, 3.05) is 0 Å². The van der Waals surface area contributed by atoms with E-state index in [0.717, 1.165) is 17.5 Å². The van der Waals surface area contributed by atoms with Crippen molar-refractivity contribution in [1.82, 2.24) is 5.32 Å². The van der Waals surface area contributed by atoms with Crippen LogP contribution in [0.3, 0.4) is 0 Å². The van der Waals surface area contributed by atoms with E-state index in [1.165, 1.54) is 0 Å². The summed E-state index contributed by atoms with van der Waals surface area (Å²) in [7, 11) is 0. The number of rotatable bonds is 6. The number of benzene rings is 1. The summed E-state index contributed by atoms with van der Waals surface area (Å²) in [6, 6.07) is 8.62. The van der Waals surface area contributed by atoms with Gasteiger partial charge in [-0.1, -0.05) is 31.2 Å². The zero-order valence-corrected chi connectivity index (χ0v) is 13.9. The lowest BCUT2D eigenvalue weighted by Crippen LogP contribution is -2.38. The summed E-state index contributed by atoms with van der Waals surface area (Å²) in [5.41, 5.74) is 8.04. The number of guanidine groups is 1. The molecule has 0 fully saturated rings.